The van der Waals surface area contributed by atoms with Crippen LogP contribution in [0, 0.1) is 0 Å². The number of aliphatic hydroxyl groups is 1. The second kappa shape index (κ2) is 5.75. The Hall–Kier alpha value is -0.830. The van der Waals surface area contributed by atoms with Crippen molar-refractivity contribution in [3.8, 4) is 0 Å². The van der Waals surface area contributed by atoms with E-state index in [1.807, 2.05) is 0 Å². The molecule has 0 aliphatic heterocycles. The largest absolute Gasteiger partial charge is 0.416 e. The van der Waals surface area contributed by atoms with Crippen molar-refractivity contribution in [3.05, 3.63) is 28.8 Å². The molecule has 0 aliphatic carbocycles. The van der Waals surface area contributed by atoms with E-state index in [1.54, 1.807) is 0 Å². The number of alkyl halides is 3. The predicted octanol–water partition coefficient (Wildman–Crippen LogP) is 2.80. The molecule has 0 amide bonds. The Balaban J connectivity index is 3.32. The smallest absolute Gasteiger partial charge is 0.391 e. The summed E-state index contributed by atoms with van der Waals surface area (Å²) in [6, 6.07) is 2.03. The highest BCUT2D eigenvalue weighted by molar-refractivity contribution is 7.89. The van der Waals surface area contributed by atoms with Gasteiger partial charge in [0.25, 0.3) is 0 Å². The van der Waals surface area contributed by atoms with Crippen molar-refractivity contribution < 1.29 is 26.7 Å². The van der Waals surface area contributed by atoms with Gasteiger partial charge < -0.3 is 5.11 Å². The average molecular weight is 346 g/mol. The fourth-order valence-corrected chi connectivity index (χ4v) is 3.37. The van der Waals surface area contributed by atoms with Gasteiger partial charge in [0.05, 0.1) is 22.2 Å². The first-order valence-electron chi connectivity index (χ1n) is 5.86. The fourth-order valence-electron chi connectivity index (χ4n) is 1.37. The zero-order valence-electron chi connectivity index (χ0n) is 11.5. The molecule has 0 spiro atoms. The molecular formula is C12H15ClF3NO3S. The highest BCUT2D eigenvalue weighted by Gasteiger charge is 2.35. The molecule has 4 nitrogen and oxygen atoms in total. The topological polar surface area (TPSA) is 66.4 Å². The van der Waals surface area contributed by atoms with Crippen molar-refractivity contribution in [2.24, 2.45) is 0 Å². The number of rotatable bonds is 4. The van der Waals surface area contributed by atoms with Gasteiger partial charge in [0.1, 0.15) is 4.90 Å². The number of nitrogens with one attached hydrogen (secondary N) is 1. The van der Waals surface area contributed by atoms with Crippen LogP contribution in [-0.4, -0.2) is 25.2 Å². The third kappa shape index (κ3) is 4.32. The van der Waals surface area contributed by atoms with Gasteiger partial charge in [-0.05, 0) is 39.0 Å². The lowest BCUT2D eigenvalue weighted by molar-refractivity contribution is -0.137. The summed E-state index contributed by atoms with van der Waals surface area (Å²) in [6.45, 7) is 4.16. The van der Waals surface area contributed by atoms with Crippen molar-refractivity contribution >= 4 is 21.6 Å². The molecule has 0 aliphatic rings. The van der Waals surface area contributed by atoms with Crippen LogP contribution in [0.1, 0.15) is 26.3 Å². The van der Waals surface area contributed by atoms with Gasteiger partial charge in [-0.2, -0.15) is 13.2 Å². The van der Waals surface area contributed by atoms with E-state index in [1.165, 1.54) is 20.8 Å². The van der Waals surface area contributed by atoms with Crippen LogP contribution in [0.5, 0.6) is 0 Å². The second-order valence-corrected chi connectivity index (χ2v) is 7.20. The molecule has 2 N–H and O–H groups in total. The van der Waals surface area contributed by atoms with Crippen molar-refractivity contribution in [1.82, 2.24) is 4.72 Å². The average Bonchev–Trinajstić information content (AvgIpc) is 2.25. The van der Waals surface area contributed by atoms with Gasteiger partial charge in [-0.25, -0.2) is 13.1 Å². The van der Waals surface area contributed by atoms with Crippen LogP contribution in [0.15, 0.2) is 23.1 Å². The van der Waals surface area contributed by atoms with E-state index in [2.05, 4.69) is 4.72 Å². The van der Waals surface area contributed by atoms with E-state index in [0.717, 1.165) is 6.07 Å². The van der Waals surface area contributed by atoms with Crippen LogP contribution in [0.2, 0.25) is 5.02 Å². The van der Waals surface area contributed by atoms with Crippen molar-refractivity contribution in [2.45, 2.75) is 43.5 Å². The Morgan fingerprint density at radius 1 is 1.29 bits per heavy atom. The molecule has 0 fully saturated rings. The van der Waals surface area contributed by atoms with Crippen LogP contribution in [0.25, 0.3) is 0 Å². The fraction of sp³-hybridized carbons (Fsp3) is 0.500. The molecule has 1 aromatic rings. The van der Waals surface area contributed by atoms with Gasteiger partial charge in [0.2, 0.25) is 10.0 Å². The van der Waals surface area contributed by atoms with Gasteiger partial charge in [-0.3, -0.25) is 0 Å². The molecule has 120 valence electrons. The summed E-state index contributed by atoms with van der Waals surface area (Å²) in [6.07, 6.45) is -5.74. The molecule has 9 heteroatoms. The Morgan fingerprint density at radius 3 is 2.24 bits per heavy atom. The summed E-state index contributed by atoms with van der Waals surface area (Å²) in [7, 11) is -4.32. The van der Waals surface area contributed by atoms with E-state index in [-0.39, 0.29) is 5.02 Å². The third-order valence-electron chi connectivity index (χ3n) is 2.99. The zero-order valence-corrected chi connectivity index (χ0v) is 13.1. The highest BCUT2D eigenvalue weighted by atomic mass is 35.5. The van der Waals surface area contributed by atoms with E-state index < -0.39 is 38.3 Å². The molecular weight excluding hydrogens is 331 g/mol. The standard InChI is InChI=1S/C12H15ClF3NO3S/c1-7(18)11(2,3)17-21(19,20)10-6-8(12(14,15)16)4-5-9(10)13/h4-7,17-18H,1-3H3. The number of benzene rings is 1. The minimum absolute atomic E-state index is 0.336. The van der Waals surface area contributed by atoms with Crippen LogP contribution in [0.3, 0.4) is 0 Å². The van der Waals surface area contributed by atoms with Gasteiger partial charge in [0.15, 0.2) is 0 Å². The lowest BCUT2D eigenvalue weighted by atomic mass is 10.0. The van der Waals surface area contributed by atoms with Gasteiger partial charge in [0, 0.05) is 0 Å². The summed E-state index contributed by atoms with van der Waals surface area (Å²) in [5.41, 5.74) is -2.39. The van der Waals surface area contributed by atoms with Crippen molar-refractivity contribution in [3.63, 3.8) is 0 Å². The normalized spacial score (nSPS) is 15.0. The SMILES string of the molecule is CC(O)C(C)(C)NS(=O)(=O)c1cc(C(F)(F)F)ccc1Cl. The third-order valence-corrected chi connectivity index (χ3v) is 5.14. The maximum atomic E-state index is 12.7. The molecule has 0 saturated heterocycles. The van der Waals surface area contributed by atoms with E-state index in [9.17, 15) is 26.7 Å². The number of aliphatic hydroxyl groups excluding tert-OH is 1. The van der Waals surface area contributed by atoms with Gasteiger partial charge in [-0.15, -0.1) is 0 Å². The van der Waals surface area contributed by atoms with Crippen molar-refractivity contribution in [1.29, 1.82) is 0 Å². The molecule has 0 radical (unpaired) electrons. The Bertz CT molecular complexity index is 627. The summed E-state index contributed by atoms with van der Waals surface area (Å²) >= 11 is 5.69. The number of hydrogen-bond donors (Lipinski definition) is 2. The van der Waals surface area contributed by atoms with Crippen LogP contribution in [-0.2, 0) is 16.2 Å². The molecule has 0 aromatic heterocycles. The summed E-state index contributed by atoms with van der Waals surface area (Å²) in [4.78, 5) is -0.687. The quantitative estimate of drug-likeness (QED) is 0.881. The maximum absolute atomic E-state index is 12.7. The molecule has 21 heavy (non-hydrogen) atoms. The Morgan fingerprint density at radius 2 is 1.81 bits per heavy atom. The summed E-state index contributed by atoms with van der Waals surface area (Å²) in [5, 5.41) is 9.17. The summed E-state index contributed by atoms with van der Waals surface area (Å²) in [5.74, 6) is 0. The molecule has 0 heterocycles. The second-order valence-electron chi connectivity index (χ2n) is 5.15. The van der Waals surface area contributed by atoms with E-state index in [4.69, 9.17) is 11.6 Å². The Kier molecular flexibility index (Phi) is 4.99. The van der Waals surface area contributed by atoms with E-state index >= 15 is 0 Å². The minimum Gasteiger partial charge on any atom is -0.391 e. The molecule has 1 atom stereocenters. The summed E-state index contributed by atoms with van der Waals surface area (Å²) < 4.78 is 64.5. The highest BCUT2D eigenvalue weighted by Crippen LogP contribution is 2.33. The van der Waals surface area contributed by atoms with Crippen LogP contribution in [0.4, 0.5) is 13.2 Å². The minimum atomic E-state index is -4.69. The lowest BCUT2D eigenvalue weighted by Gasteiger charge is -2.29. The predicted molar refractivity (Wildman–Crippen MR) is 72.5 cm³/mol. The molecule has 1 rings (SSSR count). The molecule has 0 saturated carbocycles. The monoisotopic (exact) mass is 345 g/mol. The maximum Gasteiger partial charge on any atom is 0.416 e. The first-order valence-corrected chi connectivity index (χ1v) is 7.72. The van der Waals surface area contributed by atoms with Crippen LogP contribution < -0.4 is 4.72 Å². The van der Waals surface area contributed by atoms with Crippen LogP contribution >= 0.6 is 11.6 Å². The van der Waals surface area contributed by atoms with E-state index in [0.29, 0.717) is 12.1 Å². The first kappa shape index (κ1) is 18.2. The Labute approximate surface area is 126 Å². The molecule has 1 unspecified atom stereocenters. The number of hydrogen-bond acceptors (Lipinski definition) is 3. The van der Waals surface area contributed by atoms with Gasteiger partial charge >= 0.3 is 6.18 Å². The number of halogens is 4. The van der Waals surface area contributed by atoms with Crippen molar-refractivity contribution in [2.75, 3.05) is 0 Å². The first-order chi connectivity index (χ1) is 9.27. The molecule has 0 bridgehead atoms. The van der Waals surface area contributed by atoms with Gasteiger partial charge in [-0.1, -0.05) is 11.6 Å². The lowest BCUT2D eigenvalue weighted by Crippen LogP contribution is -2.50. The molecule has 1 aromatic carbocycles. The number of sulfonamides is 1. The zero-order chi connectivity index (χ0) is 16.6.